The van der Waals surface area contributed by atoms with Crippen molar-refractivity contribution in [1.29, 1.82) is 0 Å². The van der Waals surface area contributed by atoms with Crippen molar-refractivity contribution in [3.63, 3.8) is 0 Å². The summed E-state index contributed by atoms with van der Waals surface area (Å²) in [6.45, 7) is 4.22. The number of nitrogens with zero attached hydrogens (tertiary/aromatic N) is 3. The van der Waals surface area contributed by atoms with Crippen LogP contribution in [0.4, 0.5) is 17.1 Å². The van der Waals surface area contributed by atoms with E-state index in [0.717, 1.165) is 21.2 Å². The van der Waals surface area contributed by atoms with Crippen molar-refractivity contribution in [2.75, 3.05) is 23.9 Å². The number of aliphatic imine (C=N–C) groups is 1. The molecule has 9 heteroatoms. The number of anilines is 2. The SMILES string of the molecule is CCOc1ccc(NC(C)=O)cc1N=C1S/C(=C2\Sc3ccccc3N2C)C(=O)N1Cc1ccccc1. The minimum Gasteiger partial charge on any atom is -0.492 e. The quantitative estimate of drug-likeness (QED) is 0.382. The minimum atomic E-state index is -0.174. The molecule has 3 aromatic rings. The van der Waals surface area contributed by atoms with E-state index in [4.69, 9.17) is 9.73 Å². The van der Waals surface area contributed by atoms with Crippen LogP contribution >= 0.6 is 23.5 Å². The van der Waals surface area contributed by atoms with E-state index < -0.39 is 0 Å². The molecule has 0 spiro atoms. The second kappa shape index (κ2) is 10.7. The predicted octanol–water partition coefficient (Wildman–Crippen LogP) is 6.22. The standard InChI is InChI=1S/C28H26N4O3S2/c1-4-35-23-15-14-20(29-18(2)33)16-21(23)30-28-32(17-19-10-6-5-7-11-19)26(34)25(37-28)27-31(3)22-12-8-9-13-24(22)36-27/h5-16H,4,17H2,1-3H3,(H,29,33)/b27-25-,30-28?. The van der Waals surface area contributed by atoms with Gasteiger partial charge in [0.15, 0.2) is 5.17 Å². The highest BCUT2D eigenvalue weighted by atomic mass is 32.2. The number of hydrogen-bond donors (Lipinski definition) is 1. The summed E-state index contributed by atoms with van der Waals surface area (Å²) in [5, 5.41) is 4.24. The zero-order chi connectivity index (χ0) is 25.9. The minimum absolute atomic E-state index is 0.0919. The Bertz CT molecular complexity index is 1420. The third-order valence-electron chi connectivity index (χ3n) is 5.77. The van der Waals surface area contributed by atoms with Crippen LogP contribution in [0.15, 0.2) is 92.6 Å². The molecule has 1 fully saturated rings. The smallest absolute Gasteiger partial charge is 0.269 e. The van der Waals surface area contributed by atoms with Crippen molar-refractivity contribution in [3.8, 4) is 5.75 Å². The number of ether oxygens (including phenoxy) is 1. The van der Waals surface area contributed by atoms with Crippen LogP contribution in [0.5, 0.6) is 5.75 Å². The largest absolute Gasteiger partial charge is 0.492 e. The van der Waals surface area contributed by atoms with Gasteiger partial charge in [-0.15, -0.1) is 0 Å². The Morgan fingerprint density at radius 2 is 1.78 bits per heavy atom. The van der Waals surface area contributed by atoms with Crippen LogP contribution in [0.2, 0.25) is 0 Å². The summed E-state index contributed by atoms with van der Waals surface area (Å²) < 4.78 is 5.82. The molecule has 5 rings (SSSR count). The number of carbonyl (C=O) groups is 2. The highest BCUT2D eigenvalue weighted by molar-refractivity contribution is 8.19. The fourth-order valence-electron chi connectivity index (χ4n) is 4.09. The fraction of sp³-hybridized carbons (Fsp3) is 0.179. The molecule has 0 bridgehead atoms. The summed E-state index contributed by atoms with van der Waals surface area (Å²) in [6.07, 6.45) is 0. The molecule has 2 aliphatic heterocycles. The molecule has 0 saturated carbocycles. The normalized spacial score (nSPS) is 17.9. The van der Waals surface area contributed by atoms with E-state index >= 15 is 0 Å². The van der Waals surface area contributed by atoms with Crippen molar-refractivity contribution in [2.45, 2.75) is 25.3 Å². The van der Waals surface area contributed by atoms with Gasteiger partial charge in [-0.05, 0) is 54.6 Å². The molecule has 0 radical (unpaired) electrons. The van der Waals surface area contributed by atoms with Gasteiger partial charge in [-0.2, -0.15) is 0 Å². The lowest BCUT2D eigenvalue weighted by Gasteiger charge is -2.17. The second-order valence-corrected chi connectivity index (χ2v) is 10.4. The van der Waals surface area contributed by atoms with Gasteiger partial charge in [-0.25, -0.2) is 4.99 Å². The highest BCUT2D eigenvalue weighted by Gasteiger charge is 2.39. The van der Waals surface area contributed by atoms with Crippen molar-refractivity contribution < 1.29 is 14.3 Å². The van der Waals surface area contributed by atoms with Crippen LogP contribution in [-0.2, 0) is 16.1 Å². The Hall–Kier alpha value is -3.69. The first-order valence-corrected chi connectivity index (χ1v) is 13.5. The average molecular weight is 531 g/mol. The molecular formula is C28H26N4O3S2. The maximum absolute atomic E-state index is 13.9. The predicted molar refractivity (Wildman–Crippen MR) is 151 cm³/mol. The van der Waals surface area contributed by atoms with Gasteiger partial charge in [-0.3, -0.25) is 14.5 Å². The van der Waals surface area contributed by atoms with E-state index in [2.05, 4.69) is 22.3 Å². The Morgan fingerprint density at radius 1 is 1.03 bits per heavy atom. The van der Waals surface area contributed by atoms with Gasteiger partial charge in [0.25, 0.3) is 5.91 Å². The molecule has 188 valence electrons. The molecule has 1 saturated heterocycles. The van der Waals surface area contributed by atoms with Crippen LogP contribution in [0.3, 0.4) is 0 Å². The van der Waals surface area contributed by atoms with Crippen LogP contribution < -0.4 is 15.0 Å². The zero-order valence-corrected chi connectivity index (χ0v) is 22.4. The average Bonchev–Trinajstić information content (AvgIpc) is 3.37. The van der Waals surface area contributed by atoms with E-state index in [1.54, 1.807) is 34.9 Å². The number of carbonyl (C=O) groups excluding carboxylic acids is 2. The highest BCUT2D eigenvalue weighted by Crippen LogP contribution is 2.50. The number of nitrogens with one attached hydrogen (secondary N) is 1. The van der Waals surface area contributed by atoms with Gasteiger partial charge in [0.05, 0.1) is 23.9 Å². The number of amides is 2. The summed E-state index contributed by atoms with van der Waals surface area (Å²) >= 11 is 2.95. The lowest BCUT2D eigenvalue weighted by molar-refractivity contribution is -0.122. The number of hydrogen-bond acceptors (Lipinski definition) is 7. The van der Waals surface area contributed by atoms with E-state index in [-0.39, 0.29) is 11.8 Å². The first-order chi connectivity index (χ1) is 17.9. The number of fused-ring (bicyclic) bond motifs is 1. The molecule has 37 heavy (non-hydrogen) atoms. The maximum atomic E-state index is 13.9. The summed E-state index contributed by atoms with van der Waals surface area (Å²) in [7, 11) is 1.98. The Labute approximate surface area is 224 Å². The molecule has 0 unspecified atom stereocenters. The maximum Gasteiger partial charge on any atom is 0.269 e. The summed E-state index contributed by atoms with van der Waals surface area (Å²) in [5.41, 5.74) is 3.23. The number of thioether (sulfide) groups is 2. The molecule has 0 atom stereocenters. The van der Waals surface area contributed by atoms with Crippen molar-refractivity contribution in [1.82, 2.24) is 4.90 Å². The lowest BCUT2D eigenvalue weighted by atomic mass is 10.2. The first kappa shape index (κ1) is 25.0. The molecule has 7 nitrogen and oxygen atoms in total. The van der Waals surface area contributed by atoms with E-state index in [0.29, 0.717) is 40.3 Å². The van der Waals surface area contributed by atoms with Gasteiger partial charge >= 0.3 is 0 Å². The molecule has 2 aliphatic rings. The molecule has 3 aromatic carbocycles. The van der Waals surface area contributed by atoms with Crippen molar-refractivity contribution in [2.24, 2.45) is 4.99 Å². The number of benzene rings is 3. The van der Waals surface area contributed by atoms with Crippen molar-refractivity contribution >= 4 is 57.6 Å². The number of amidine groups is 1. The van der Waals surface area contributed by atoms with Crippen LogP contribution in [0, 0.1) is 0 Å². The Balaban J connectivity index is 1.58. The summed E-state index contributed by atoms with van der Waals surface area (Å²) in [5.74, 6) is 0.315. The fourth-order valence-corrected chi connectivity index (χ4v) is 6.43. The second-order valence-electron chi connectivity index (χ2n) is 8.43. The van der Waals surface area contributed by atoms with Crippen LogP contribution in [0.1, 0.15) is 19.4 Å². The number of para-hydroxylation sites is 1. The van der Waals surface area contributed by atoms with Gasteiger partial charge in [-0.1, -0.05) is 54.2 Å². The van der Waals surface area contributed by atoms with Crippen LogP contribution in [0.25, 0.3) is 0 Å². The van der Waals surface area contributed by atoms with Crippen LogP contribution in [-0.4, -0.2) is 35.5 Å². The third-order valence-corrected chi connectivity index (χ3v) is 8.21. The summed E-state index contributed by atoms with van der Waals surface area (Å²) in [6, 6.07) is 23.3. The zero-order valence-electron chi connectivity index (χ0n) is 20.7. The van der Waals surface area contributed by atoms with Gasteiger partial charge < -0.3 is 15.0 Å². The monoisotopic (exact) mass is 530 g/mol. The molecule has 0 aromatic heterocycles. The van der Waals surface area contributed by atoms with E-state index in [1.165, 1.54) is 18.7 Å². The first-order valence-electron chi connectivity index (χ1n) is 11.9. The Kier molecular flexibility index (Phi) is 7.25. The van der Waals surface area contributed by atoms with Gasteiger partial charge in [0, 0.05) is 24.6 Å². The lowest BCUT2D eigenvalue weighted by Crippen LogP contribution is -2.29. The Morgan fingerprint density at radius 3 is 2.51 bits per heavy atom. The molecule has 1 N–H and O–H groups in total. The van der Waals surface area contributed by atoms with Gasteiger partial charge in [0.2, 0.25) is 5.91 Å². The van der Waals surface area contributed by atoms with E-state index in [9.17, 15) is 9.59 Å². The molecule has 2 heterocycles. The molecule has 2 amide bonds. The topological polar surface area (TPSA) is 74.2 Å². The molecular weight excluding hydrogens is 504 g/mol. The molecule has 0 aliphatic carbocycles. The summed E-state index contributed by atoms with van der Waals surface area (Å²) in [4.78, 5) is 35.9. The van der Waals surface area contributed by atoms with Crippen molar-refractivity contribution in [3.05, 3.63) is 88.3 Å². The third kappa shape index (κ3) is 5.23. The van der Waals surface area contributed by atoms with E-state index in [1.807, 2.05) is 56.4 Å². The number of rotatable bonds is 6. The van der Waals surface area contributed by atoms with Gasteiger partial charge in [0.1, 0.15) is 16.3 Å².